The molecule has 1 saturated heterocycles. The Hall–Kier alpha value is -1.55. The molecule has 22 heavy (non-hydrogen) atoms. The predicted molar refractivity (Wildman–Crippen MR) is 89.1 cm³/mol. The Balaban J connectivity index is 2.11. The highest BCUT2D eigenvalue weighted by Crippen LogP contribution is 2.25. The van der Waals surface area contributed by atoms with E-state index in [2.05, 4.69) is 0 Å². The molecule has 2 amide bonds. The number of piperazine rings is 1. The summed E-state index contributed by atoms with van der Waals surface area (Å²) in [6, 6.07) is 6.77. The fraction of sp³-hybridized carbons (Fsp3) is 0.529. The Morgan fingerprint density at radius 1 is 1.23 bits per heavy atom. The first-order valence-electron chi connectivity index (χ1n) is 7.55. The fourth-order valence-corrected chi connectivity index (χ4v) is 2.77. The normalized spacial score (nSPS) is 19.5. The molecule has 1 aliphatic rings. The van der Waals surface area contributed by atoms with Crippen LogP contribution < -0.4 is 4.90 Å². The third-order valence-electron chi connectivity index (χ3n) is 3.80. The molecule has 2 rings (SSSR count). The molecule has 120 valence electrons. The first-order chi connectivity index (χ1) is 10.2. The van der Waals surface area contributed by atoms with Crippen LogP contribution in [0.25, 0.3) is 0 Å². The van der Waals surface area contributed by atoms with Gasteiger partial charge in [0, 0.05) is 30.2 Å². The van der Waals surface area contributed by atoms with Gasteiger partial charge in [-0.2, -0.15) is 0 Å². The van der Waals surface area contributed by atoms with Gasteiger partial charge in [-0.05, 0) is 36.6 Å². The molecule has 0 aromatic heterocycles. The molecule has 0 aliphatic carbocycles. The van der Waals surface area contributed by atoms with Crippen molar-refractivity contribution in [1.29, 1.82) is 0 Å². The minimum absolute atomic E-state index is 0.0455. The monoisotopic (exact) mass is 322 g/mol. The minimum Gasteiger partial charge on any atom is -0.329 e. The second-order valence-electron chi connectivity index (χ2n) is 6.97. The van der Waals surface area contributed by atoms with Crippen molar-refractivity contribution in [1.82, 2.24) is 4.90 Å². The number of amides is 2. The first-order valence-corrected chi connectivity index (χ1v) is 7.93. The van der Waals surface area contributed by atoms with Crippen molar-refractivity contribution in [2.24, 2.45) is 5.41 Å². The summed E-state index contributed by atoms with van der Waals surface area (Å²) >= 11 is 5.89. The van der Waals surface area contributed by atoms with Crippen LogP contribution in [0.15, 0.2) is 24.3 Å². The molecule has 1 unspecified atom stereocenters. The van der Waals surface area contributed by atoms with Crippen molar-refractivity contribution in [3.8, 4) is 0 Å². The molecule has 0 saturated carbocycles. The summed E-state index contributed by atoms with van der Waals surface area (Å²) in [5, 5.41) is 0.642. The molecule has 0 bridgehead atoms. The lowest BCUT2D eigenvalue weighted by Gasteiger charge is -2.40. The summed E-state index contributed by atoms with van der Waals surface area (Å²) < 4.78 is 0. The van der Waals surface area contributed by atoms with Crippen molar-refractivity contribution < 1.29 is 9.59 Å². The first kappa shape index (κ1) is 16.8. The molecule has 4 nitrogen and oxygen atoms in total. The summed E-state index contributed by atoms with van der Waals surface area (Å²) in [6.45, 7) is 8.96. The minimum atomic E-state index is -0.431. The van der Waals surface area contributed by atoms with E-state index in [9.17, 15) is 9.59 Å². The summed E-state index contributed by atoms with van der Waals surface area (Å²) in [6.07, 6.45) is 0.450. The van der Waals surface area contributed by atoms with Gasteiger partial charge in [-0.15, -0.1) is 0 Å². The van der Waals surface area contributed by atoms with Crippen molar-refractivity contribution in [3.63, 3.8) is 0 Å². The molecule has 1 aliphatic heterocycles. The summed E-state index contributed by atoms with van der Waals surface area (Å²) in [5.74, 6) is -0.0000576. The van der Waals surface area contributed by atoms with Gasteiger partial charge in [0.15, 0.2) is 0 Å². The fourth-order valence-electron chi connectivity index (χ4n) is 2.64. The maximum absolute atomic E-state index is 12.6. The van der Waals surface area contributed by atoms with Crippen LogP contribution in [-0.2, 0) is 9.59 Å². The zero-order chi connectivity index (χ0) is 16.5. The Bertz CT molecular complexity index is 563. The highest BCUT2D eigenvalue weighted by atomic mass is 35.5. The van der Waals surface area contributed by atoms with Crippen LogP contribution in [0.2, 0.25) is 5.02 Å². The van der Waals surface area contributed by atoms with E-state index < -0.39 is 6.04 Å². The van der Waals surface area contributed by atoms with Gasteiger partial charge in [-0.25, -0.2) is 0 Å². The number of carbonyl (C=O) groups excluding carboxylic acids is 2. The Kier molecular flexibility index (Phi) is 4.81. The highest BCUT2D eigenvalue weighted by Gasteiger charge is 2.35. The molecule has 1 aromatic rings. The third-order valence-corrected chi connectivity index (χ3v) is 4.05. The number of hydrogen-bond acceptors (Lipinski definition) is 2. The number of benzene rings is 1. The second-order valence-corrected chi connectivity index (χ2v) is 7.40. The van der Waals surface area contributed by atoms with Gasteiger partial charge in [-0.1, -0.05) is 32.4 Å². The molecule has 1 fully saturated rings. The summed E-state index contributed by atoms with van der Waals surface area (Å²) in [7, 11) is 0. The SMILES string of the molecule is CC1C(=O)N(c2ccc(Cl)cc2)CCN1C(=O)CC(C)(C)C. The van der Waals surface area contributed by atoms with E-state index in [0.29, 0.717) is 24.5 Å². The number of hydrogen-bond donors (Lipinski definition) is 0. The van der Waals surface area contributed by atoms with Crippen LogP contribution in [0.4, 0.5) is 5.69 Å². The maximum atomic E-state index is 12.6. The molecular weight excluding hydrogens is 300 g/mol. The lowest BCUT2D eigenvalue weighted by molar-refractivity contribution is -0.142. The smallest absolute Gasteiger partial charge is 0.249 e. The maximum Gasteiger partial charge on any atom is 0.249 e. The van der Waals surface area contributed by atoms with Crippen molar-refractivity contribution in [2.45, 2.75) is 40.2 Å². The number of carbonyl (C=O) groups is 2. The van der Waals surface area contributed by atoms with Crippen LogP contribution in [0, 0.1) is 5.41 Å². The largest absolute Gasteiger partial charge is 0.329 e. The number of rotatable bonds is 2. The average Bonchev–Trinajstić information content (AvgIpc) is 2.41. The summed E-state index contributed by atoms with van der Waals surface area (Å²) in [4.78, 5) is 28.4. The van der Waals surface area contributed by atoms with Crippen molar-refractivity contribution in [2.75, 3.05) is 18.0 Å². The van der Waals surface area contributed by atoms with E-state index in [1.165, 1.54) is 0 Å². The molecule has 1 aromatic carbocycles. The van der Waals surface area contributed by atoms with Gasteiger partial charge in [0.1, 0.15) is 6.04 Å². The van der Waals surface area contributed by atoms with Gasteiger partial charge in [0.2, 0.25) is 11.8 Å². The molecule has 0 spiro atoms. The lowest BCUT2D eigenvalue weighted by atomic mass is 9.91. The molecule has 0 radical (unpaired) electrons. The zero-order valence-electron chi connectivity index (χ0n) is 13.6. The van der Waals surface area contributed by atoms with Crippen LogP contribution in [-0.4, -0.2) is 35.8 Å². The van der Waals surface area contributed by atoms with E-state index in [0.717, 1.165) is 5.69 Å². The van der Waals surface area contributed by atoms with Crippen molar-refractivity contribution in [3.05, 3.63) is 29.3 Å². The quantitative estimate of drug-likeness (QED) is 0.838. The van der Waals surface area contributed by atoms with Crippen LogP contribution in [0.3, 0.4) is 0 Å². The molecule has 1 atom stereocenters. The van der Waals surface area contributed by atoms with Gasteiger partial charge in [-0.3, -0.25) is 9.59 Å². The van der Waals surface area contributed by atoms with Gasteiger partial charge < -0.3 is 9.80 Å². The summed E-state index contributed by atoms with van der Waals surface area (Å²) in [5.41, 5.74) is 0.747. The standard InChI is InChI=1S/C17H23ClN2O2/c1-12-16(22)20(14-7-5-13(18)6-8-14)10-9-19(12)15(21)11-17(2,3)4/h5-8,12H,9-11H2,1-4H3. The number of halogens is 1. The number of anilines is 1. The van der Waals surface area contributed by atoms with Gasteiger partial charge in [0.25, 0.3) is 0 Å². The Morgan fingerprint density at radius 2 is 1.82 bits per heavy atom. The Morgan fingerprint density at radius 3 is 2.36 bits per heavy atom. The van der Waals surface area contributed by atoms with Crippen LogP contribution >= 0.6 is 11.6 Å². The molecule has 0 N–H and O–H groups in total. The van der Waals surface area contributed by atoms with E-state index in [4.69, 9.17) is 11.6 Å². The average molecular weight is 323 g/mol. The topological polar surface area (TPSA) is 40.6 Å². The highest BCUT2D eigenvalue weighted by molar-refractivity contribution is 6.30. The van der Waals surface area contributed by atoms with E-state index in [1.54, 1.807) is 28.9 Å². The van der Waals surface area contributed by atoms with Crippen LogP contribution in [0.5, 0.6) is 0 Å². The van der Waals surface area contributed by atoms with Crippen molar-refractivity contribution >= 4 is 29.1 Å². The third kappa shape index (κ3) is 3.80. The number of nitrogens with zero attached hydrogens (tertiary/aromatic N) is 2. The van der Waals surface area contributed by atoms with Gasteiger partial charge in [0.05, 0.1) is 0 Å². The lowest BCUT2D eigenvalue weighted by Crippen LogP contribution is -2.58. The van der Waals surface area contributed by atoms with E-state index in [1.807, 2.05) is 32.9 Å². The molecular formula is C17H23ClN2O2. The van der Waals surface area contributed by atoms with E-state index in [-0.39, 0.29) is 17.2 Å². The molecule has 5 heteroatoms. The predicted octanol–water partition coefficient (Wildman–Crippen LogP) is 3.34. The van der Waals surface area contributed by atoms with Gasteiger partial charge >= 0.3 is 0 Å². The molecule has 1 heterocycles. The zero-order valence-corrected chi connectivity index (χ0v) is 14.4. The Labute approximate surface area is 137 Å². The second kappa shape index (κ2) is 6.29. The van der Waals surface area contributed by atoms with Crippen LogP contribution in [0.1, 0.15) is 34.1 Å². The van der Waals surface area contributed by atoms with E-state index >= 15 is 0 Å².